The first kappa shape index (κ1) is 12.4. The maximum Gasteiger partial charge on any atom is 0.184 e. The number of benzene rings is 1. The number of aliphatic hydroxyl groups is 2. The van der Waals surface area contributed by atoms with E-state index in [0.29, 0.717) is 6.61 Å². The standard InChI is InChI=1S/C12H15FO4/c13-10-9(17-12(15)11(10)14)7-16-6-8-4-2-1-3-5-8/h1-5,9-12,14-15H,6-7H2/t9-,10+,11-,12-/m1/s1. The normalized spacial score (nSPS) is 32.9. The van der Waals surface area contributed by atoms with E-state index in [1.54, 1.807) is 0 Å². The number of hydrogen-bond acceptors (Lipinski definition) is 4. The van der Waals surface area contributed by atoms with Gasteiger partial charge in [-0.1, -0.05) is 30.3 Å². The van der Waals surface area contributed by atoms with Crippen LogP contribution in [-0.4, -0.2) is 41.5 Å². The predicted octanol–water partition coefficient (Wildman–Crippen LogP) is 0.619. The topological polar surface area (TPSA) is 58.9 Å². The van der Waals surface area contributed by atoms with E-state index in [9.17, 15) is 4.39 Å². The van der Waals surface area contributed by atoms with E-state index in [1.807, 2.05) is 30.3 Å². The Labute approximate surface area is 98.6 Å². The average molecular weight is 242 g/mol. The van der Waals surface area contributed by atoms with E-state index in [0.717, 1.165) is 5.56 Å². The van der Waals surface area contributed by atoms with Crippen molar-refractivity contribution in [1.82, 2.24) is 0 Å². The summed E-state index contributed by atoms with van der Waals surface area (Å²) in [6, 6.07) is 9.46. The van der Waals surface area contributed by atoms with Crippen molar-refractivity contribution < 1.29 is 24.1 Å². The molecule has 5 heteroatoms. The Morgan fingerprint density at radius 2 is 1.94 bits per heavy atom. The lowest BCUT2D eigenvalue weighted by Gasteiger charge is -2.12. The number of alkyl halides is 1. The number of hydrogen-bond donors (Lipinski definition) is 2. The Kier molecular flexibility index (Phi) is 4.06. The second-order valence-corrected chi connectivity index (χ2v) is 4.00. The summed E-state index contributed by atoms with van der Waals surface area (Å²) in [5.74, 6) is 0. The number of rotatable bonds is 4. The summed E-state index contributed by atoms with van der Waals surface area (Å²) >= 11 is 0. The van der Waals surface area contributed by atoms with Gasteiger partial charge in [0.25, 0.3) is 0 Å². The molecule has 4 atom stereocenters. The van der Waals surface area contributed by atoms with Gasteiger partial charge < -0.3 is 19.7 Å². The molecule has 0 spiro atoms. The van der Waals surface area contributed by atoms with Gasteiger partial charge in [-0.15, -0.1) is 0 Å². The summed E-state index contributed by atoms with van der Waals surface area (Å²) in [4.78, 5) is 0. The van der Waals surface area contributed by atoms with Crippen LogP contribution in [0, 0.1) is 0 Å². The fraction of sp³-hybridized carbons (Fsp3) is 0.500. The molecule has 94 valence electrons. The van der Waals surface area contributed by atoms with Crippen molar-refractivity contribution >= 4 is 0 Å². The van der Waals surface area contributed by atoms with Crippen molar-refractivity contribution in [2.75, 3.05) is 6.61 Å². The number of ether oxygens (including phenoxy) is 2. The SMILES string of the molecule is O[C@@H]1[C@@H](F)[C@@H](COCc2ccccc2)O[C@H]1O. The first-order valence-corrected chi connectivity index (χ1v) is 5.46. The molecule has 0 bridgehead atoms. The van der Waals surface area contributed by atoms with Gasteiger partial charge in [0.1, 0.15) is 12.2 Å². The average Bonchev–Trinajstić information content (AvgIpc) is 2.59. The molecule has 1 aliphatic heterocycles. The van der Waals surface area contributed by atoms with Crippen molar-refractivity contribution in [1.29, 1.82) is 0 Å². The fourth-order valence-corrected chi connectivity index (χ4v) is 1.71. The van der Waals surface area contributed by atoms with Crippen LogP contribution in [0.25, 0.3) is 0 Å². The van der Waals surface area contributed by atoms with Crippen LogP contribution in [0.1, 0.15) is 5.56 Å². The van der Waals surface area contributed by atoms with Crippen LogP contribution in [0.15, 0.2) is 30.3 Å². The van der Waals surface area contributed by atoms with Crippen LogP contribution in [0.3, 0.4) is 0 Å². The number of halogens is 1. The highest BCUT2D eigenvalue weighted by Crippen LogP contribution is 2.22. The molecule has 2 N–H and O–H groups in total. The molecule has 2 rings (SSSR count). The van der Waals surface area contributed by atoms with Crippen molar-refractivity contribution in [3.63, 3.8) is 0 Å². The first-order chi connectivity index (χ1) is 8.18. The van der Waals surface area contributed by atoms with Crippen molar-refractivity contribution in [2.24, 2.45) is 0 Å². The lowest BCUT2D eigenvalue weighted by molar-refractivity contribution is -0.137. The Morgan fingerprint density at radius 1 is 1.24 bits per heavy atom. The van der Waals surface area contributed by atoms with Crippen LogP contribution < -0.4 is 0 Å². The van der Waals surface area contributed by atoms with Gasteiger partial charge >= 0.3 is 0 Å². The van der Waals surface area contributed by atoms with Gasteiger partial charge in [0.2, 0.25) is 0 Å². The predicted molar refractivity (Wildman–Crippen MR) is 57.9 cm³/mol. The number of aliphatic hydroxyl groups excluding tert-OH is 2. The zero-order valence-corrected chi connectivity index (χ0v) is 9.20. The van der Waals surface area contributed by atoms with E-state index in [4.69, 9.17) is 19.7 Å². The van der Waals surface area contributed by atoms with E-state index >= 15 is 0 Å². The summed E-state index contributed by atoms with van der Waals surface area (Å²) in [5.41, 5.74) is 0.974. The molecule has 0 aliphatic carbocycles. The third-order valence-corrected chi connectivity index (χ3v) is 2.68. The molecule has 0 aromatic heterocycles. The molecule has 0 amide bonds. The monoisotopic (exact) mass is 242 g/mol. The lowest BCUT2D eigenvalue weighted by atomic mass is 10.2. The smallest absolute Gasteiger partial charge is 0.184 e. The zero-order chi connectivity index (χ0) is 12.3. The zero-order valence-electron chi connectivity index (χ0n) is 9.20. The Morgan fingerprint density at radius 3 is 2.53 bits per heavy atom. The summed E-state index contributed by atoms with van der Waals surface area (Å²) in [6.07, 6.45) is -5.47. The molecule has 1 aromatic rings. The van der Waals surface area contributed by atoms with Crippen LogP contribution in [0.4, 0.5) is 4.39 Å². The van der Waals surface area contributed by atoms with Gasteiger partial charge in [0.15, 0.2) is 12.5 Å². The third-order valence-electron chi connectivity index (χ3n) is 2.68. The Hall–Kier alpha value is -1.01. The molecule has 1 fully saturated rings. The van der Waals surface area contributed by atoms with Gasteiger partial charge in [-0.3, -0.25) is 0 Å². The quantitative estimate of drug-likeness (QED) is 0.812. The van der Waals surface area contributed by atoms with Gasteiger partial charge in [0.05, 0.1) is 13.2 Å². The maximum absolute atomic E-state index is 13.3. The Balaban J connectivity index is 1.76. The Bertz CT molecular complexity index is 346. The second kappa shape index (κ2) is 5.55. The maximum atomic E-state index is 13.3. The summed E-state index contributed by atoms with van der Waals surface area (Å²) in [6.45, 7) is 0.351. The van der Waals surface area contributed by atoms with E-state index in [1.165, 1.54) is 0 Å². The molecule has 1 aliphatic rings. The molecule has 1 heterocycles. The molecule has 0 saturated carbocycles. The van der Waals surface area contributed by atoms with Crippen LogP contribution in [0.5, 0.6) is 0 Å². The van der Waals surface area contributed by atoms with Crippen LogP contribution in [0.2, 0.25) is 0 Å². The highest BCUT2D eigenvalue weighted by atomic mass is 19.1. The molecule has 1 saturated heterocycles. The minimum Gasteiger partial charge on any atom is -0.385 e. The van der Waals surface area contributed by atoms with Gasteiger partial charge in [0, 0.05) is 0 Å². The lowest BCUT2D eigenvalue weighted by Crippen LogP contribution is -2.30. The third kappa shape index (κ3) is 3.01. The van der Waals surface area contributed by atoms with E-state index < -0.39 is 24.7 Å². The molecular formula is C12H15FO4. The summed E-state index contributed by atoms with van der Waals surface area (Å²) in [5, 5.41) is 18.2. The molecule has 4 nitrogen and oxygen atoms in total. The van der Waals surface area contributed by atoms with E-state index in [2.05, 4.69) is 0 Å². The molecule has 0 radical (unpaired) electrons. The molecule has 17 heavy (non-hydrogen) atoms. The molecule has 1 aromatic carbocycles. The van der Waals surface area contributed by atoms with Gasteiger partial charge in [-0.25, -0.2) is 4.39 Å². The highest BCUT2D eigenvalue weighted by Gasteiger charge is 2.43. The minimum atomic E-state index is -1.61. The van der Waals surface area contributed by atoms with Crippen LogP contribution >= 0.6 is 0 Å². The first-order valence-electron chi connectivity index (χ1n) is 5.46. The van der Waals surface area contributed by atoms with Crippen molar-refractivity contribution in [3.05, 3.63) is 35.9 Å². The minimum absolute atomic E-state index is 0.00415. The van der Waals surface area contributed by atoms with Crippen LogP contribution in [-0.2, 0) is 16.1 Å². The second-order valence-electron chi connectivity index (χ2n) is 4.00. The summed E-state index contributed by atoms with van der Waals surface area (Å²) < 4.78 is 23.5. The fourth-order valence-electron chi connectivity index (χ4n) is 1.71. The largest absolute Gasteiger partial charge is 0.385 e. The molecular weight excluding hydrogens is 227 g/mol. The summed E-state index contributed by atoms with van der Waals surface area (Å²) in [7, 11) is 0. The van der Waals surface area contributed by atoms with E-state index in [-0.39, 0.29) is 6.61 Å². The van der Waals surface area contributed by atoms with Crippen molar-refractivity contribution in [2.45, 2.75) is 31.3 Å². The highest BCUT2D eigenvalue weighted by molar-refractivity contribution is 5.13. The van der Waals surface area contributed by atoms with Gasteiger partial charge in [-0.05, 0) is 5.56 Å². The molecule has 0 unspecified atom stereocenters. The van der Waals surface area contributed by atoms with Gasteiger partial charge in [-0.2, -0.15) is 0 Å². The van der Waals surface area contributed by atoms with Crippen molar-refractivity contribution in [3.8, 4) is 0 Å².